The number of hydrogen-bond donors (Lipinski definition) is 2. The molecule has 0 spiro atoms. The van der Waals surface area contributed by atoms with Crippen LogP contribution in [0.15, 0.2) is 29.7 Å². The Bertz CT molecular complexity index is 645. The van der Waals surface area contributed by atoms with Gasteiger partial charge in [-0.05, 0) is 29.7 Å². The summed E-state index contributed by atoms with van der Waals surface area (Å²) in [6.07, 6.45) is 2.97. The number of amides is 1. The van der Waals surface area contributed by atoms with Crippen molar-refractivity contribution in [2.75, 3.05) is 5.32 Å². The van der Waals surface area contributed by atoms with E-state index < -0.39 is 5.97 Å². The van der Waals surface area contributed by atoms with Crippen LogP contribution in [-0.2, 0) is 4.79 Å². The van der Waals surface area contributed by atoms with Gasteiger partial charge in [0.05, 0.1) is 9.90 Å². The Hall–Kier alpha value is -1.63. The molecule has 0 aliphatic heterocycles. The highest BCUT2D eigenvalue weighted by Gasteiger charge is 2.12. The largest absolute Gasteiger partial charge is 0.478 e. The minimum atomic E-state index is -1.06. The molecule has 2 rings (SSSR count). The zero-order valence-electron chi connectivity index (χ0n) is 9.42. The molecule has 1 amide bonds. The molecule has 0 aromatic carbocycles. The van der Waals surface area contributed by atoms with E-state index in [1.165, 1.54) is 34.8 Å². The second kappa shape index (κ2) is 6.01. The number of thiophene rings is 2. The Labute approximate surface area is 122 Å². The monoisotopic (exact) mass is 313 g/mol. The van der Waals surface area contributed by atoms with Gasteiger partial charge >= 0.3 is 5.97 Å². The fraction of sp³-hybridized carbons (Fsp3) is 0. The molecule has 0 saturated carbocycles. The highest BCUT2D eigenvalue weighted by atomic mass is 35.5. The molecule has 0 saturated heterocycles. The van der Waals surface area contributed by atoms with Crippen molar-refractivity contribution in [2.45, 2.75) is 0 Å². The summed E-state index contributed by atoms with van der Waals surface area (Å²) in [5, 5.41) is 13.4. The van der Waals surface area contributed by atoms with Crippen LogP contribution in [-0.4, -0.2) is 17.0 Å². The van der Waals surface area contributed by atoms with Crippen molar-refractivity contribution in [3.8, 4) is 0 Å². The first kappa shape index (κ1) is 13.8. The van der Waals surface area contributed by atoms with Crippen molar-refractivity contribution in [3.63, 3.8) is 0 Å². The fourth-order valence-corrected chi connectivity index (χ4v) is 3.05. The summed E-state index contributed by atoms with van der Waals surface area (Å²) in [5.41, 5.74) is 0.0888. The van der Waals surface area contributed by atoms with Crippen LogP contribution in [0.25, 0.3) is 6.08 Å². The lowest BCUT2D eigenvalue weighted by Gasteiger charge is -1.99. The fourth-order valence-electron chi connectivity index (χ4n) is 1.30. The lowest BCUT2D eigenvalue weighted by atomic mass is 10.3. The molecule has 19 heavy (non-hydrogen) atoms. The summed E-state index contributed by atoms with van der Waals surface area (Å²) in [6, 6.07) is 4.99. The quantitative estimate of drug-likeness (QED) is 0.843. The van der Waals surface area contributed by atoms with Crippen LogP contribution in [0.1, 0.15) is 15.2 Å². The topological polar surface area (TPSA) is 66.4 Å². The van der Waals surface area contributed by atoms with Crippen molar-refractivity contribution in [2.24, 2.45) is 0 Å². The van der Waals surface area contributed by atoms with Gasteiger partial charge in [-0.2, -0.15) is 0 Å². The van der Waals surface area contributed by atoms with Gasteiger partial charge in [0.2, 0.25) is 5.91 Å². The molecule has 2 aromatic heterocycles. The van der Waals surface area contributed by atoms with Gasteiger partial charge in [0.1, 0.15) is 5.00 Å². The number of halogens is 1. The van der Waals surface area contributed by atoms with Crippen LogP contribution in [0.5, 0.6) is 0 Å². The zero-order valence-corrected chi connectivity index (χ0v) is 11.8. The van der Waals surface area contributed by atoms with E-state index in [4.69, 9.17) is 16.7 Å². The first-order valence-electron chi connectivity index (χ1n) is 5.11. The van der Waals surface area contributed by atoms with Gasteiger partial charge in [0.15, 0.2) is 0 Å². The van der Waals surface area contributed by atoms with Crippen LogP contribution in [0.4, 0.5) is 5.00 Å². The van der Waals surface area contributed by atoms with E-state index >= 15 is 0 Å². The van der Waals surface area contributed by atoms with Crippen LogP contribution in [0, 0.1) is 0 Å². The van der Waals surface area contributed by atoms with E-state index in [0.29, 0.717) is 9.34 Å². The highest BCUT2D eigenvalue weighted by molar-refractivity contribution is 7.17. The van der Waals surface area contributed by atoms with E-state index in [9.17, 15) is 9.59 Å². The Balaban J connectivity index is 2.03. The third-order valence-electron chi connectivity index (χ3n) is 2.13. The average Bonchev–Trinajstić information content (AvgIpc) is 2.95. The SMILES string of the molecule is O=C(/C=C/c1ccc(Cl)s1)Nc1sccc1C(=O)O. The maximum Gasteiger partial charge on any atom is 0.338 e. The van der Waals surface area contributed by atoms with Gasteiger partial charge in [-0.1, -0.05) is 11.6 Å². The first-order valence-corrected chi connectivity index (χ1v) is 7.19. The van der Waals surface area contributed by atoms with Gasteiger partial charge in [0.25, 0.3) is 0 Å². The molecule has 0 radical (unpaired) electrons. The number of anilines is 1. The molecule has 7 heteroatoms. The predicted molar refractivity (Wildman–Crippen MR) is 78.3 cm³/mol. The van der Waals surface area contributed by atoms with E-state index in [2.05, 4.69) is 5.32 Å². The van der Waals surface area contributed by atoms with E-state index in [-0.39, 0.29) is 11.5 Å². The van der Waals surface area contributed by atoms with Crippen molar-refractivity contribution >= 4 is 57.2 Å². The summed E-state index contributed by atoms with van der Waals surface area (Å²) < 4.78 is 0.645. The average molecular weight is 314 g/mol. The summed E-state index contributed by atoms with van der Waals surface area (Å²) in [7, 11) is 0. The standard InChI is InChI=1S/C12H8ClNO3S2/c13-9-3-1-7(19-9)2-4-10(15)14-11-8(12(16)17)5-6-18-11/h1-6H,(H,14,15)(H,16,17)/b4-2+. The number of carboxylic acids is 1. The molecule has 0 aliphatic rings. The molecule has 0 unspecified atom stereocenters. The maximum absolute atomic E-state index is 11.7. The molecular weight excluding hydrogens is 306 g/mol. The van der Waals surface area contributed by atoms with Crippen molar-refractivity contribution in [1.29, 1.82) is 0 Å². The Morgan fingerprint density at radius 2 is 2.11 bits per heavy atom. The highest BCUT2D eigenvalue weighted by Crippen LogP contribution is 2.24. The second-order valence-corrected chi connectivity index (χ2v) is 6.10. The normalized spacial score (nSPS) is 10.8. The first-order chi connectivity index (χ1) is 9.06. The predicted octanol–water partition coefficient (Wildman–Crippen LogP) is 3.81. The second-order valence-electron chi connectivity index (χ2n) is 3.43. The molecule has 0 fully saturated rings. The Kier molecular flexibility index (Phi) is 4.36. The van der Waals surface area contributed by atoms with Crippen LogP contribution >= 0.6 is 34.3 Å². The number of carbonyl (C=O) groups is 2. The van der Waals surface area contributed by atoms with E-state index in [1.54, 1.807) is 23.6 Å². The molecule has 2 heterocycles. The summed E-state index contributed by atoms with van der Waals surface area (Å²) in [5.74, 6) is -1.44. The third-order valence-corrected chi connectivity index (χ3v) is 4.15. The molecule has 2 N–H and O–H groups in total. The number of carbonyl (C=O) groups excluding carboxylic acids is 1. The third kappa shape index (κ3) is 3.66. The van der Waals surface area contributed by atoms with Gasteiger partial charge < -0.3 is 10.4 Å². The summed E-state index contributed by atoms with van der Waals surface area (Å²) in [4.78, 5) is 23.4. The number of hydrogen-bond acceptors (Lipinski definition) is 4. The van der Waals surface area contributed by atoms with E-state index in [1.807, 2.05) is 0 Å². The molecule has 0 bridgehead atoms. The minimum absolute atomic E-state index is 0.0888. The minimum Gasteiger partial charge on any atom is -0.478 e. The van der Waals surface area contributed by atoms with Crippen molar-refractivity contribution in [1.82, 2.24) is 0 Å². The zero-order chi connectivity index (χ0) is 13.8. The molecule has 2 aromatic rings. The molecular formula is C12H8ClNO3S2. The molecule has 4 nitrogen and oxygen atoms in total. The van der Waals surface area contributed by atoms with Gasteiger partial charge in [-0.25, -0.2) is 4.79 Å². The van der Waals surface area contributed by atoms with Gasteiger partial charge in [-0.15, -0.1) is 22.7 Å². The van der Waals surface area contributed by atoms with Gasteiger partial charge in [-0.3, -0.25) is 4.79 Å². The number of carboxylic acid groups (broad SMARTS) is 1. The van der Waals surface area contributed by atoms with Crippen molar-refractivity contribution in [3.05, 3.63) is 44.4 Å². The number of nitrogens with one attached hydrogen (secondary N) is 1. The lowest BCUT2D eigenvalue weighted by molar-refractivity contribution is -0.111. The summed E-state index contributed by atoms with van der Waals surface area (Å²) in [6.45, 7) is 0. The molecule has 0 atom stereocenters. The number of rotatable bonds is 4. The van der Waals surface area contributed by atoms with E-state index in [0.717, 1.165) is 4.88 Å². The summed E-state index contributed by atoms with van der Waals surface area (Å²) >= 11 is 8.29. The Morgan fingerprint density at radius 1 is 1.32 bits per heavy atom. The molecule has 0 aliphatic carbocycles. The lowest BCUT2D eigenvalue weighted by Crippen LogP contribution is -2.09. The van der Waals surface area contributed by atoms with Crippen LogP contribution < -0.4 is 5.32 Å². The maximum atomic E-state index is 11.7. The van der Waals surface area contributed by atoms with Crippen LogP contribution in [0.3, 0.4) is 0 Å². The van der Waals surface area contributed by atoms with Crippen LogP contribution in [0.2, 0.25) is 4.34 Å². The number of aromatic carboxylic acids is 1. The van der Waals surface area contributed by atoms with Crippen molar-refractivity contribution < 1.29 is 14.7 Å². The van der Waals surface area contributed by atoms with Gasteiger partial charge in [0, 0.05) is 11.0 Å². The Morgan fingerprint density at radius 3 is 2.74 bits per heavy atom. The molecule has 98 valence electrons. The smallest absolute Gasteiger partial charge is 0.338 e.